The highest BCUT2D eigenvalue weighted by molar-refractivity contribution is 4.93. The first kappa shape index (κ1) is 16.2. The number of rotatable bonds is 4. The molecule has 1 unspecified atom stereocenters. The fourth-order valence-electron chi connectivity index (χ4n) is 3.70. The molecule has 0 aromatic carbocycles. The van der Waals surface area contributed by atoms with Crippen molar-refractivity contribution in [1.29, 1.82) is 0 Å². The second-order valence-electron chi connectivity index (χ2n) is 6.90. The Hall–Kier alpha value is -0.160. The summed E-state index contributed by atoms with van der Waals surface area (Å²) in [4.78, 5) is 7.75. The molecule has 1 N–H and O–H groups in total. The zero-order valence-corrected chi connectivity index (χ0v) is 14.0. The quantitative estimate of drug-likeness (QED) is 0.833. The molecule has 2 fully saturated rings. The minimum Gasteiger partial charge on any atom is -0.310 e. The van der Waals surface area contributed by atoms with Gasteiger partial charge in [0.05, 0.1) is 0 Å². The smallest absolute Gasteiger partial charge is 0.0347 e. The maximum Gasteiger partial charge on any atom is 0.0347 e. The third kappa shape index (κ3) is 3.94. The summed E-state index contributed by atoms with van der Waals surface area (Å²) in [5.41, 5.74) is 0.343. The summed E-state index contributed by atoms with van der Waals surface area (Å²) in [5, 5.41) is 3.82. The second kappa shape index (κ2) is 7.21. The van der Waals surface area contributed by atoms with Gasteiger partial charge in [-0.2, -0.15) is 0 Å². The van der Waals surface area contributed by atoms with Crippen LogP contribution in [0.2, 0.25) is 0 Å². The van der Waals surface area contributed by atoms with Gasteiger partial charge in [0, 0.05) is 44.3 Å². The SMILES string of the molecule is CCC1(CC)CN(CC2CN(C)CCN2C)CCCN1. The Bertz CT molecular complexity index is 290. The molecule has 0 radical (unpaired) electrons. The Kier molecular flexibility index (Phi) is 5.84. The highest BCUT2D eigenvalue weighted by atomic mass is 15.3. The predicted molar refractivity (Wildman–Crippen MR) is 86.3 cm³/mol. The maximum absolute atomic E-state index is 3.82. The average Bonchev–Trinajstić information content (AvgIpc) is 2.66. The van der Waals surface area contributed by atoms with Crippen LogP contribution in [0, 0.1) is 0 Å². The minimum atomic E-state index is 0.343. The third-order valence-corrected chi connectivity index (χ3v) is 5.48. The number of piperazine rings is 1. The lowest BCUT2D eigenvalue weighted by atomic mass is 9.92. The normalized spacial score (nSPS) is 30.3. The molecule has 0 aromatic rings. The van der Waals surface area contributed by atoms with Gasteiger partial charge in [0.15, 0.2) is 0 Å². The van der Waals surface area contributed by atoms with Gasteiger partial charge in [-0.1, -0.05) is 13.8 Å². The predicted octanol–water partition coefficient (Wildman–Crippen LogP) is 1.09. The molecule has 20 heavy (non-hydrogen) atoms. The van der Waals surface area contributed by atoms with Crippen molar-refractivity contribution in [3.05, 3.63) is 0 Å². The van der Waals surface area contributed by atoms with Gasteiger partial charge in [0.25, 0.3) is 0 Å². The van der Waals surface area contributed by atoms with E-state index in [9.17, 15) is 0 Å². The first-order chi connectivity index (χ1) is 9.58. The Labute approximate surface area is 125 Å². The van der Waals surface area contributed by atoms with Crippen LogP contribution in [0.5, 0.6) is 0 Å². The second-order valence-corrected chi connectivity index (χ2v) is 6.90. The molecule has 1 atom stereocenters. The van der Waals surface area contributed by atoms with Crippen molar-refractivity contribution in [2.45, 2.75) is 44.7 Å². The Morgan fingerprint density at radius 3 is 2.55 bits per heavy atom. The van der Waals surface area contributed by atoms with Crippen LogP contribution >= 0.6 is 0 Å². The third-order valence-electron chi connectivity index (χ3n) is 5.48. The first-order valence-corrected chi connectivity index (χ1v) is 8.44. The molecule has 2 aliphatic rings. The lowest BCUT2D eigenvalue weighted by Gasteiger charge is -2.42. The average molecular weight is 282 g/mol. The van der Waals surface area contributed by atoms with Crippen LogP contribution in [-0.2, 0) is 0 Å². The lowest BCUT2D eigenvalue weighted by molar-refractivity contribution is 0.0747. The first-order valence-electron chi connectivity index (χ1n) is 8.44. The van der Waals surface area contributed by atoms with Crippen molar-refractivity contribution in [3.8, 4) is 0 Å². The van der Waals surface area contributed by atoms with Crippen molar-refractivity contribution in [1.82, 2.24) is 20.0 Å². The highest BCUT2D eigenvalue weighted by Gasteiger charge is 2.32. The van der Waals surface area contributed by atoms with Gasteiger partial charge >= 0.3 is 0 Å². The number of hydrogen-bond donors (Lipinski definition) is 1. The Morgan fingerprint density at radius 2 is 1.85 bits per heavy atom. The highest BCUT2D eigenvalue weighted by Crippen LogP contribution is 2.20. The molecule has 0 bridgehead atoms. The number of likely N-dealkylation sites (N-methyl/N-ethyl adjacent to an activating group) is 2. The number of hydrogen-bond acceptors (Lipinski definition) is 4. The monoisotopic (exact) mass is 282 g/mol. The molecule has 0 aromatic heterocycles. The van der Waals surface area contributed by atoms with Gasteiger partial charge in [-0.25, -0.2) is 0 Å². The zero-order chi connectivity index (χ0) is 14.6. The molecule has 0 aliphatic carbocycles. The van der Waals surface area contributed by atoms with Gasteiger partial charge < -0.3 is 10.2 Å². The van der Waals surface area contributed by atoms with Gasteiger partial charge in [-0.15, -0.1) is 0 Å². The maximum atomic E-state index is 3.82. The van der Waals surface area contributed by atoms with E-state index < -0.39 is 0 Å². The molecule has 2 rings (SSSR count). The van der Waals surface area contributed by atoms with Crippen LogP contribution < -0.4 is 5.32 Å². The van der Waals surface area contributed by atoms with E-state index in [1.54, 1.807) is 0 Å². The molecule has 2 heterocycles. The van der Waals surface area contributed by atoms with E-state index in [0.29, 0.717) is 11.6 Å². The van der Waals surface area contributed by atoms with E-state index in [0.717, 1.165) is 0 Å². The van der Waals surface area contributed by atoms with Gasteiger partial charge in [-0.05, 0) is 46.4 Å². The molecular weight excluding hydrogens is 248 g/mol. The van der Waals surface area contributed by atoms with Crippen LogP contribution in [-0.4, -0.2) is 86.2 Å². The van der Waals surface area contributed by atoms with Crippen molar-refractivity contribution < 1.29 is 0 Å². The summed E-state index contributed by atoms with van der Waals surface area (Å²) in [5.74, 6) is 0. The molecule has 0 saturated carbocycles. The summed E-state index contributed by atoms with van der Waals surface area (Å²) < 4.78 is 0. The molecule has 118 valence electrons. The van der Waals surface area contributed by atoms with E-state index in [-0.39, 0.29) is 0 Å². The van der Waals surface area contributed by atoms with Crippen LogP contribution in [0.15, 0.2) is 0 Å². The molecule has 2 saturated heterocycles. The zero-order valence-electron chi connectivity index (χ0n) is 14.0. The van der Waals surface area contributed by atoms with Gasteiger partial charge in [-0.3, -0.25) is 9.80 Å². The fourth-order valence-corrected chi connectivity index (χ4v) is 3.70. The molecule has 4 heteroatoms. The van der Waals surface area contributed by atoms with Gasteiger partial charge in [0.1, 0.15) is 0 Å². The molecule has 0 amide bonds. The molecule has 4 nitrogen and oxygen atoms in total. The summed E-state index contributed by atoms with van der Waals surface area (Å²) in [7, 11) is 4.55. The summed E-state index contributed by atoms with van der Waals surface area (Å²) >= 11 is 0. The number of nitrogens with one attached hydrogen (secondary N) is 1. The van der Waals surface area contributed by atoms with Crippen LogP contribution in [0.3, 0.4) is 0 Å². The Morgan fingerprint density at radius 1 is 1.10 bits per heavy atom. The Balaban J connectivity index is 1.96. The van der Waals surface area contributed by atoms with E-state index in [1.807, 2.05) is 0 Å². The minimum absolute atomic E-state index is 0.343. The van der Waals surface area contributed by atoms with Crippen molar-refractivity contribution in [2.24, 2.45) is 0 Å². The fraction of sp³-hybridized carbons (Fsp3) is 1.00. The van der Waals surface area contributed by atoms with Crippen LogP contribution in [0.25, 0.3) is 0 Å². The van der Waals surface area contributed by atoms with Crippen LogP contribution in [0.4, 0.5) is 0 Å². The van der Waals surface area contributed by atoms with Crippen molar-refractivity contribution in [2.75, 3.05) is 59.9 Å². The van der Waals surface area contributed by atoms with E-state index in [4.69, 9.17) is 0 Å². The van der Waals surface area contributed by atoms with Crippen molar-refractivity contribution in [3.63, 3.8) is 0 Å². The summed E-state index contributed by atoms with van der Waals surface area (Å²) in [6.07, 6.45) is 3.76. The number of nitrogens with zero attached hydrogens (tertiary/aromatic N) is 3. The lowest BCUT2D eigenvalue weighted by Crippen LogP contribution is -2.57. The van der Waals surface area contributed by atoms with E-state index in [1.165, 1.54) is 65.1 Å². The summed E-state index contributed by atoms with van der Waals surface area (Å²) in [6, 6.07) is 0.693. The van der Waals surface area contributed by atoms with Crippen molar-refractivity contribution >= 4 is 0 Å². The largest absolute Gasteiger partial charge is 0.310 e. The molecule has 2 aliphatic heterocycles. The topological polar surface area (TPSA) is 21.8 Å². The molecule has 0 spiro atoms. The standard InChI is InChI=1S/C16H34N4/c1-5-16(6-2)14-20(9-7-8-17-16)13-15-12-18(3)10-11-19(15)4/h15,17H,5-14H2,1-4H3. The summed E-state index contributed by atoms with van der Waals surface area (Å²) in [6.45, 7) is 13.2. The van der Waals surface area contributed by atoms with E-state index >= 15 is 0 Å². The molecular formula is C16H34N4. The van der Waals surface area contributed by atoms with Gasteiger partial charge in [0.2, 0.25) is 0 Å². The van der Waals surface area contributed by atoms with Crippen LogP contribution in [0.1, 0.15) is 33.1 Å². The van der Waals surface area contributed by atoms with E-state index in [2.05, 4.69) is 48.0 Å².